The van der Waals surface area contributed by atoms with Crippen LogP contribution in [-0.4, -0.2) is 28.0 Å². The van der Waals surface area contributed by atoms with Crippen LogP contribution in [0.5, 0.6) is 0 Å². The van der Waals surface area contributed by atoms with Crippen LogP contribution >= 0.6 is 0 Å². The first-order valence-corrected chi connectivity index (χ1v) is 7.06. The molecule has 2 N–H and O–H groups in total. The number of nitrogens with zero attached hydrogens (tertiary/aromatic N) is 4. The molecule has 5 heteroatoms. The molecule has 0 spiro atoms. The van der Waals surface area contributed by atoms with Crippen LogP contribution in [0.3, 0.4) is 0 Å². The molecule has 1 fully saturated rings. The van der Waals surface area contributed by atoms with Crippen LogP contribution in [0.2, 0.25) is 0 Å². The Bertz CT molecular complexity index is 605. The van der Waals surface area contributed by atoms with Crippen molar-refractivity contribution >= 4 is 11.9 Å². The van der Waals surface area contributed by atoms with Gasteiger partial charge in [-0.2, -0.15) is 15.0 Å². The molecule has 1 aliphatic heterocycles. The fourth-order valence-electron chi connectivity index (χ4n) is 2.53. The van der Waals surface area contributed by atoms with Gasteiger partial charge in [0.2, 0.25) is 11.9 Å². The highest BCUT2D eigenvalue weighted by Gasteiger charge is 2.16. The molecule has 2 heterocycles. The van der Waals surface area contributed by atoms with Crippen LogP contribution in [0.15, 0.2) is 24.3 Å². The minimum Gasteiger partial charge on any atom is -0.368 e. The number of nitrogens with two attached hydrogens (primary N) is 1. The molecule has 0 amide bonds. The summed E-state index contributed by atoms with van der Waals surface area (Å²) in [6.07, 6.45) is 3.65. The zero-order valence-electron chi connectivity index (χ0n) is 11.7. The van der Waals surface area contributed by atoms with Gasteiger partial charge in [0.15, 0.2) is 5.82 Å². The van der Waals surface area contributed by atoms with Gasteiger partial charge in [-0.15, -0.1) is 0 Å². The molecule has 0 bridgehead atoms. The molecule has 1 aromatic carbocycles. The van der Waals surface area contributed by atoms with Gasteiger partial charge in [-0.3, -0.25) is 0 Å². The van der Waals surface area contributed by atoms with Gasteiger partial charge in [-0.25, -0.2) is 0 Å². The zero-order chi connectivity index (χ0) is 13.9. The van der Waals surface area contributed by atoms with E-state index in [4.69, 9.17) is 5.73 Å². The summed E-state index contributed by atoms with van der Waals surface area (Å²) in [5.41, 5.74) is 8.02. The Morgan fingerprint density at radius 1 is 1.05 bits per heavy atom. The predicted octanol–water partition coefficient (Wildman–Crippen LogP) is 2.42. The number of nitrogen functional groups attached to an aromatic ring is 1. The highest BCUT2D eigenvalue weighted by atomic mass is 15.3. The molecule has 3 rings (SSSR count). The van der Waals surface area contributed by atoms with E-state index in [2.05, 4.69) is 38.9 Å². The third-order valence-electron chi connectivity index (χ3n) is 3.56. The third kappa shape index (κ3) is 2.71. The first-order valence-electron chi connectivity index (χ1n) is 7.06. The van der Waals surface area contributed by atoms with Crippen LogP contribution in [0.4, 0.5) is 11.9 Å². The molecule has 104 valence electrons. The lowest BCUT2D eigenvalue weighted by Gasteiger charge is -2.26. The first kappa shape index (κ1) is 12.8. The fourth-order valence-corrected chi connectivity index (χ4v) is 2.53. The van der Waals surface area contributed by atoms with Crippen molar-refractivity contribution in [1.29, 1.82) is 0 Å². The minimum atomic E-state index is 0.289. The normalized spacial score (nSPS) is 15.3. The predicted molar refractivity (Wildman–Crippen MR) is 80.5 cm³/mol. The Morgan fingerprint density at radius 2 is 1.85 bits per heavy atom. The van der Waals surface area contributed by atoms with Gasteiger partial charge in [0.1, 0.15) is 0 Å². The number of hydrogen-bond donors (Lipinski definition) is 1. The first-order chi connectivity index (χ1) is 9.72. The number of aryl methyl sites for hydroxylation is 1. The van der Waals surface area contributed by atoms with Crippen LogP contribution < -0.4 is 10.6 Å². The topological polar surface area (TPSA) is 67.9 Å². The highest BCUT2D eigenvalue weighted by molar-refractivity contribution is 5.58. The fraction of sp³-hybridized carbons (Fsp3) is 0.400. The van der Waals surface area contributed by atoms with Crippen molar-refractivity contribution in [1.82, 2.24) is 15.0 Å². The summed E-state index contributed by atoms with van der Waals surface area (Å²) in [7, 11) is 0. The van der Waals surface area contributed by atoms with E-state index in [0.717, 1.165) is 18.7 Å². The van der Waals surface area contributed by atoms with Gasteiger partial charge in [-0.1, -0.05) is 23.8 Å². The van der Waals surface area contributed by atoms with Crippen molar-refractivity contribution in [3.63, 3.8) is 0 Å². The van der Waals surface area contributed by atoms with E-state index in [1.54, 1.807) is 0 Å². The van der Waals surface area contributed by atoms with Gasteiger partial charge >= 0.3 is 0 Å². The molecule has 5 nitrogen and oxygen atoms in total. The second-order valence-corrected chi connectivity index (χ2v) is 5.23. The highest BCUT2D eigenvalue weighted by Crippen LogP contribution is 2.21. The molecule has 0 atom stereocenters. The number of anilines is 2. The van der Waals surface area contributed by atoms with E-state index < -0.39 is 0 Å². The van der Waals surface area contributed by atoms with Gasteiger partial charge in [-0.05, 0) is 32.3 Å². The second kappa shape index (κ2) is 5.45. The van der Waals surface area contributed by atoms with Crippen LogP contribution in [0.1, 0.15) is 24.8 Å². The number of aromatic nitrogens is 3. The Kier molecular flexibility index (Phi) is 3.50. The van der Waals surface area contributed by atoms with E-state index in [0.29, 0.717) is 11.8 Å². The largest absolute Gasteiger partial charge is 0.368 e. The average molecular weight is 269 g/mol. The molecule has 1 aliphatic rings. The van der Waals surface area contributed by atoms with Crippen molar-refractivity contribution in [3.05, 3.63) is 29.8 Å². The van der Waals surface area contributed by atoms with E-state index >= 15 is 0 Å². The minimum absolute atomic E-state index is 0.289. The molecule has 0 radical (unpaired) electrons. The lowest BCUT2D eigenvalue weighted by Crippen LogP contribution is -2.31. The summed E-state index contributed by atoms with van der Waals surface area (Å²) in [6, 6.07) is 8.13. The monoisotopic (exact) mass is 269 g/mol. The van der Waals surface area contributed by atoms with E-state index in [9.17, 15) is 0 Å². The van der Waals surface area contributed by atoms with Crippen molar-refractivity contribution in [3.8, 4) is 11.4 Å². The molecule has 0 unspecified atom stereocenters. The Labute approximate surface area is 118 Å². The smallest absolute Gasteiger partial charge is 0.230 e. The summed E-state index contributed by atoms with van der Waals surface area (Å²) in [5.74, 6) is 1.65. The molecular weight excluding hydrogens is 250 g/mol. The lowest BCUT2D eigenvalue weighted by atomic mass is 10.1. The Morgan fingerprint density at radius 3 is 2.60 bits per heavy atom. The Hall–Kier alpha value is -2.17. The van der Waals surface area contributed by atoms with Crippen molar-refractivity contribution < 1.29 is 0 Å². The Balaban J connectivity index is 1.97. The summed E-state index contributed by atoms with van der Waals surface area (Å²) in [6.45, 7) is 4.05. The maximum Gasteiger partial charge on any atom is 0.230 e. The number of rotatable bonds is 2. The zero-order valence-corrected chi connectivity index (χ0v) is 11.7. The van der Waals surface area contributed by atoms with Gasteiger partial charge in [0.25, 0.3) is 0 Å². The second-order valence-electron chi connectivity index (χ2n) is 5.23. The standard InChI is InChI=1S/C15H19N5/c1-11-6-5-7-12(10-11)13-17-14(16)19-15(18-13)20-8-3-2-4-9-20/h5-7,10H,2-4,8-9H2,1H3,(H2,16,17,18,19). The van der Waals surface area contributed by atoms with E-state index in [1.165, 1.54) is 24.8 Å². The van der Waals surface area contributed by atoms with Crippen molar-refractivity contribution in [2.75, 3.05) is 23.7 Å². The van der Waals surface area contributed by atoms with E-state index in [1.807, 2.05) is 12.1 Å². The van der Waals surface area contributed by atoms with E-state index in [-0.39, 0.29) is 5.95 Å². The van der Waals surface area contributed by atoms with Gasteiger partial charge in [0.05, 0.1) is 0 Å². The quantitative estimate of drug-likeness (QED) is 0.906. The van der Waals surface area contributed by atoms with Crippen LogP contribution in [-0.2, 0) is 0 Å². The number of benzene rings is 1. The molecule has 0 saturated carbocycles. The van der Waals surface area contributed by atoms with Crippen LogP contribution in [0.25, 0.3) is 11.4 Å². The van der Waals surface area contributed by atoms with Crippen molar-refractivity contribution in [2.24, 2.45) is 0 Å². The maximum atomic E-state index is 5.85. The molecule has 1 aromatic heterocycles. The average Bonchev–Trinajstić information content (AvgIpc) is 2.47. The third-order valence-corrected chi connectivity index (χ3v) is 3.56. The lowest BCUT2D eigenvalue weighted by molar-refractivity contribution is 0.568. The molecule has 2 aromatic rings. The summed E-state index contributed by atoms with van der Waals surface area (Å²) in [4.78, 5) is 15.3. The molecule has 0 aliphatic carbocycles. The van der Waals surface area contributed by atoms with Crippen LogP contribution in [0, 0.1) is 6.92 Å². The summed E-state index contributed by atoms with van der Waals surface area (Å²) in [5, 5.41) is 0. The number of piperidine rings is 1. The summed E-state index contributed by atoms with van der Waals surface area (Å²) >= 11 is 0. The van der Waals surface area contributed by atoms with Crippen molar-refractivity contribution in [2.45, 2.75) is 26.2 Å². The molecule has 1 saturated heterocycles. The maximum absolute atomic E-state index is 5.85. The van der Waals surface area contributed by atoms with Gasteiger partial charge in [0, 0.05) is 18.7 Å². The van der Waals surface area contributed by atoms with Gasteiger partial charge < -0.3 is 10.6 Å². The SMILES string of the molecule is Cc1cccc(-c2nc(N)nc(N3CCCCC3)n2)c1. The summed E-state index contributed by atoms with van der Waals surface area (Å²) < 4.78 is 0. The number of hydrogen-bond acceptors (Lipinski definition) is 5. The molecule has 20 heavy (non-hydrogen) atoms. The molecular formula is C15H19N5.